The van der Waals surface area contributed by atoms with Crippen LogP contribution >= 0.6 is 11.8 Å². The summed E-state index contributed by atoms with van der Waals surface area (Å²) < 4.78 is 27.6. The van der Waals surface area contributed by atoms with Crippen molar-refractivity contribution >= 4 is 43.5 Å². The van der Waals surface area contributed by atoms with E-state index in [1.807, 2.05) is 36.4 Å². The van der Waals surface area contributed by atoms with Crippen molar-refractivity contribution in [3.8, 4) is 0 Å². The average molecular weight is 428 g/mol. The Morgan fingerprint density at radius 1 is 0.931 bits per heavy atom. The second-order valence-electron chi connectivity index (χ2n) is 6.56. The van der Waals surface area contributed by atoms with Crippen LogP contribution in [0.3, 0.4) is 0 Å². The van der Waals surface area contributed by atoms with Gasteiger partial charge in [-0.05, 0) is 34.9 Å². The van der Waals surface area contributed by atoms with Crippen LogP contribution in [0.25, 0.3) is 10.8 Å². The third kappa shape index (κ3) is 5.76. The van der Waals surface area contributed by atoms with Gasteiger partial charge < -0.3 is 0 Å². The van der Waals surface area contributed by atoms with Gasteiger partial charge in [-0.2, -0.15) is 0 Å². The lowest BCUT2D eigenvalue weighted by atomic mass is 10.1. The number of carbonyl (C=O) groups is 2. The lowest BCUT2D eigenvalue weighted by Crippen LogP contribution is -2.26. The van der Waals surface area contributed by atoms with Gasteiger partial charge in [0.1, 0.15) is 0 Å². The van der Waals surface area contributed by atoms with E-state index in [1.54, 1.807) is 0 Å². The van der Waals surface area contributed by atoms with Gasteiger partial charge in [-0.25, -0.2) is 13.1 Å². The lowest BCUT2D eigenvalue weighted by molar-refractivity contribution is -0.109. The summed E-state index contributed by atoms with van der Waals surface area (Å²) in [5, 5.41) is 2.14. The number of hydrogen-bond donors (Lipinski definition) is 1. The van der Waals surface area contributed by atoms with Gasteiger partial charge >= 0.3 is 0 Å². The van der Waals surface area contributed by atoms with Crippen molar-refractivity contribution < 1.29 is 18.0 Å². The van der Waals surface area contributed by atoms with Gasteiger partial charge in [0.2, 0.25) is 10.0 Å². The van der Waals surface area contributed by atoms with E-state index in [0.717, 1.165) is 28.1 Å². The summed E-state index contributed by atoms with van der Waals surface area (Å²) in [6.07, 6.45) is 0.572. The maximum absolute atomic E-state index is 12.5. The molecule has 0 amide bonds. The molecule has 0 aliphatic carbocycles. The molecule has 0 radical (unpaired) electrons. The Morgan fingerprint density at radius 3 is 2.31 bits per heavy atom. The minimum atomic E-state index is -3.66. The Bertz CT molecular complexity index is 1140. The fraction of sp³-hybridized carbons (Fsp3) is 0.182. The summed E-state index contributed by atoms with van der Waals surface area (Å²) >= 11 is 0.934. The molecule has 7 heteroatoms. The molecule has 5 nitrogen and oxygen atoms in total. The third-order valence-corrected chi connectivity index (χ3v) is 6.70. The second-order valence-corrected chi connectivity index (χ2v) is 9.48. The van der Waals surface area contributed by atoms with Gasteiger partial charge in [0.15, 0.2) is 10.9 Å². The van der Waals surface area contributed by atoms with E-state index in [1.165, 1.54) is 31.2 Å². The van der Waals surface area contributed by atoms with Gasteiger partial charge in [-0.15, -0.1) is 0 Å². The molecule has 3 aromatic rings. The number of sulfonamides is 1. The molecule has 29 heavy (non-hydrogen) atoms. The molecular weight excluding hydrogens is 406 g/mol. The third-order valence-electron chi connectivity index (χ3n) is 4.41. The second kappa shape index (κ2) is 9.35. The van der Waals surface area contributed by atoms with Crippen LogP contribution in [0.1, 0.15) is 22.8 Å². The maximum atomic E-state index is 12.5. The molecule has 1 N–H and O–H groups in total. The summed E-state index contributed by atoms with van der Waals surface area (Å²) in [6.45, 7) is 1.67. The van der Waals surface area contributed by atoms with E-state index < -0.39 is 10.0 Å². The van der Waals surface area contributed by atoms with Crippen molar-refractivity contribution in [2.24, 2.45) is 0 Å². The zero-order valence-corrected chi connectivity index (χ0v) is 17.6. The molecule has 0 aliphatic rings. The van der Waals surface area contributed by atoms with E-state index in [9.17, 15) is 18.0 Å². The summed E-state index contributed by atoms with van der Waals surface area (Å²) in [6, 6.07) is 19.9. The van der Waals surface area contributed by atoms with Crippen LogP contribution in [0.2, 0.25) is 0 Å². The molecule has 3 aromatic carbocycles. The Morgan fingerprint density at radius 2 is 1.62 bits per heavy atom. The Hall–Kier alpha value is -2.48. The number of rotatable bonds is 8. The molecule has 0 saturated carbocycles. The van der Waals surface area contributed by atoms with Gasteiger partial charge in [0.25, 0.3) is 0 Å². The molecule has 0 saturated heterocycles. The summed E-state index contributed by atoms with van der Waals surface area (Å²) in [7, 11) is -3.66. The maximum Gasteiger partial charge on any atom is 0.240 e. The number of nitrogens with one attached hydrogen (secondary N) is 1. The smallest absolute Gasteiger partial charge is 0.240 e. The van der Waals surface area contributed by atoms with E-state index in [4.69, 9.17) is 0 Å². The molecule has 0 unspecified atom stereocenters. The van der Waals surface area contributed by atoms with Gasteiger partial charge in [0, 0.05) is 19.0 Å². The summed E-state index contributed by atoms with van der Waals surface area (Å²) in [4.78, 5) is 23.1. The number of thioether (sulfide) groups is 1. The van der Waals surface area contributed by atoms with E-state index in [0.29, 0.717) is 12.0 Å². The minimum Gasteiger partial charge on any atom is -0.293 e. The quantitative estimate of drug-likeness (QED) is 0.553. The van der Waals surface area contributed by atoms with Crippen LogP contribution in [0, 0.1) is 0 Å². The van der Waals surface area contributed by atoms with E-state index in [-0.39, 0.29) is 28.1 Å². The number of ketones is 1. The van der Waals surface area contributed by atoms with Crippen LogP contribution in [-0.4, -0.2) is 31.6 Å². The molecule has 150 valence electrons. The van der Waals surface area contributed by atoms with Crippen LogP contribution in [0.5, 0.6) is 0 Å². The van der Waals surface area contributed by atoms with Crippen molar-refractivity contribution in [3.05, 3.63) is 77.9 Å². The summed E-state index contributed by atoms with van der Waals surface area (Å²) in [5.41, 5.74) is 1.43. The average Bonchev–Trinajstić information content (AvgIpc) is 2.72. The van der Waals surface area contributed by atoms with Crippen LogP contribution in [0.15, 0.2) is 71.6 Å². The first-order valence-corrected chi connectivity index (χ1v) is 11.6. The van der Waals surface area contributed by atoms with Crippen molar-refractivity contribution in [2.45, 2.75) is 18.2 Å². The highest BCUT2D eigenvalue weighted by molar-refractivity contribution is 8.14. The Kier molecular flexibility index (Phi) is 6.84. The van der Waals surface area contributed by atoms with E-state index in [2.05, 4.69) is 10.8 Å². The monoisotopic (exact) mass is 427 g/mol. The number of benzene rings is 3. The molecule has 0 spiro atoms. The molecule has 0 bridgehead atoms. The highest BCUT2D eigenvalue weighted by Crippen LogP contribution is 2.16. The van der Waals surface area contributed by atoms with Crippen molar-refractivity contribution in [1.82, 2.24) is 4.72 Å². The number of hydrogen-bond acceptors (Lipinski definition) is 5. The van der Waals surface area contributed by atoms with Crippen LogP contribution in [0.4, 0.5) is 0 Å². The number of carbonyl (C=O) groups excluding carboxylic acids is 2. The number of fused-ring (bicyclic) bond motifs is 1. The predicted octanol–water partition coefficient (Wildman–Crippen LogP) is 3.82. The van der Waals surface area contributed by atoms with Crippen molar-refractivity contribution in [2.75, 3.05) is 12.3 Å². The first-order valence-electron chi connectivity index (χ1n) is 9.09. The minimum absolute atomic E-state index is 0.0471. The van der Waals surface area contributed by atoms with Crippen LogP contribution in [-0.2, 0) is 21.2 Å². The predicted molar refractivity (Wildman–Crippen MR) is 117 cm³/mol. The fourth-order valence-corrected chi connectivity index (χ4v) is 4.41. The van der Waals surface area contributed by atoms with Gasteiger partial charge in [-0.1, -0.05) is 66.4 Å². The van der Waals surface area contributed by atoms with Gasteiger partial charge in [-0.3, -0.25) is 9.59 Å². The molecule has 3 rings (SSSR count). The number of Topliss-reactive ketones (excluding diaryl/α,β-unsaturated/α-hetero) is 1. The zero-order chi connectivity index (χ0) is 20.9. The SMILES string of the molecule is CC(=O)SCC(=O)c1ccc(S(=O)(=O)NCCc2ccc3ccccc3c2)cc1. The molecule has 0 aliphatic heterocycles. The van der Waals surface area contributed by atoms with Crippen molar-refractivity contribution in [3.63, 3.8) is 0 Å². The van der Waals surface area contributed by atoms with E-state index >= 15 is 0 Å². The lowest BCUT2D eigenvalue weighted by Gasteiger charge is -2.08. The molecule has 0 fully saturated rings. The highest BCUT2D eigenvalue weighted by atomic mass is 32.2. The highest BCUT2D eigenvalue weighted by Gasteiger charge is 2.15. The zero-order valence-electron chi connectivity index (χ0n) is 15.9. The largest absolute Gasteiger partial charge is 0.293 e. The van der Waals surface area contributed by atoms with Crippen molar-refractivity contribution in [1.29, 1.82) is 0 Å². The Labute approximate surface area is 174 Å². The molecular formula is C22H21NO4S2. The Balaban J connectivity index is 1.60. The molecule has 0 aromatic heterocycles. The van der Waals surface area contributed by atoms with Gasteiger partial charge in [0.05, 0.1) is 10.6 Å². The standard InChI is InChI=1S/C22H21NO4S2/c1-16(24)28-15-22(25)19-8-10-21(11-9-19)29(26,27)23-13-12-17-6-7-18-4-2-3-5-20(18)14-17/h2-11,14,23H,12-13,15H2,1H3. The molecule has 0 heterocycles. The first kappa shape index (κ1) is 21.2. The topological polar surface area (TPSA) is 80.3 Å². The fourth-order valence-electron chi connectivity index (χ4n) is 2.88. The molecule has 0 atom stereocenters. The first-order chi connectivity index (χ1) is 13.8. The normalized spacial score (nSPS) is 11.5. The summed E-state index contributed by atoms with van der Waals surface area (Å²) in [5.74, 6) is -0.163. The van der Waals surface area contributed by atoms with Crippen LogP contribution < -0.4 is 4.72 Å².